The van der Waals surface area contributed by atoms with E-state index in [2.05, 4.69) is 20.6 Å². The Bertz CT molecular complexity index is 428. The molecule has 2 heterocycles. The Morgan fingerprint density at radius 1 is 1.47 bits per heavy atom. The van der Waals surface area contributed by atoms with Crippen LogP contribution in [0.3, 0.4) is 0 Å². The van der Waals surface area contributed by atoms with Gasteiger partial charge in [0.2, 0.25) is 0 Å². The Morgan fingerprint density at radius 2 is 2.33 bits per heavy atom. The molecule has 2 rings (SSSR count). The topological polar surface area (TPSA) is 58.5 Å². The summed E-state index contributed by atoms with van der Waals surface area (Å²) in [5, 5.41) is 14.5. The number of rotatable bonds is 4. The number of aromatic amines is 1. The maximum atomic E-state index is 4.28. The van der Waals surface area contributed by atoms with Crippen LogP contribution in [0.4, 0.5) is 0 Å². The second-order valence-corrected chi connectivity index (χ2v) is 3.60. The van der Waals surface area contributed by atoms with Crippen molar-refractivity contribution in [3.8, 4) is 0 Å². The molecule has 0 saturated carbocycles. The molecule has 0 atom stereocenters. The minimum absolute atomic E-state index is 0.783. The van der Waals surface area contributed by atoms with Gasteiger partial charge in [-0.3, -0.25) is 9.78 Å². The summed E-state index contributed by atoms with van der Waals surface area (Å²) < 4.78 is 1.81. The fourth-order valence-electron chi connectivity index (χ4n) is 1.44. The van der Waals surface area contributed by atoms with Crippen molar-refractivity contribution in [1.82, 2.24) is 25.3 Å². The smallest absolute Gasteiger partial charge is 0.0762 e. The molecule has 0 radical (unpaired) electrons. The maximum absolute atomic E-state index is 4.28. The van der Waals surface area contributed by atoms with E-state index in [4.69, 9.17) is 0 Å². The average Bonchev–Trinajstić information content (AvgIpc) is 2.77. The number of H-pyrrole nitrogens is 1. The van der Waals surface area contributed by atoms with Crippen LogP contribution in [-0.2, 0) is 20.1 Å². The van der Waals surface area contributed by atoms with E-state index in [-0.39, 0.29) is 0 Å². The SMILES string of the molecule is Cc1[nH]ncc1CNCc1ccn(C)n1. The predicted octanol–water partition coefficient (Wildman–Crippen LogP) is 0.741. The van der Waals surface area contributed by atoms with Gasteiger partial charge in [0.05, 0.1) is 11.9 Å². The van der Waals surface area contributed by atoms with Gasteiger partial charge in [-0.15, -0.1) is 0 Å². The van der Waals surface area contributed by atoms with Crippen LogP contribution >= 0.6 is 0 Å². The van der Waals surface area contributed by atoms with E-state index in [1.807, 2.05) is 32.4 Å². The third kappa shape index (κ3) is 2.44. The second kappa shape index (κ2) is 4.27. The highest BCUT2D eigenvalue weighted by atomic mass is 15.3. The Balaban J connectivity index is 1.83. The number of hydrogen-bond donors (Lipinski definition) is 2. The first kappa shape index (κ1) is 9.92. The van der Waals surface area contributed by atoms with Crippen molar-refractivity contribution in [2.75, 3.05) is 0 Å². The molecule has 0 bridgehead atoms. The molecular weight excluding hydrogens is 190 g/mol. The third-order valence-corrected chi connectivity index (χ3v) is 2.32. The number of aryl methyl sites for hydroxylation is 2. The van der Waals surface area contributed by atoms with Gasteiger partial charge in [0.1, 0.15) is 0 Å². The molecule has 5 heteroatoms. The zero-order chi connectivity index (χ0) is 10.7. The predicted molar refractivity (Wildman–Crippen MR) is 57.1 cm³/mol. The van der Waals surface area contributed by atoms with Crippen molar-refractivity contribution in [2.24, 2.45) is 7.05 Å². The fraction of sp³-hybridized carbons (Fsp3) is 0.400. The van der Waals surface area contributed by atoms with Crippen LogP contribution in [0.25, 0.3) is 0 Å². The van der Waals surface area contributed by atoms with E-state index in [0.29, 0.717) is 0 Å². The molecule has 0 spiro atoms. The van der Waals surface area contributed by atoms with Crippen molar-refractivity contribution in [1.29, 1.82) is 0 Å². The first-order chi connectivity index (χ1) is 7.25. The van der Waals surface area contributed by atoms with Gasteiger partial charge in [0.15, 0.2) is 0 Å². The number of hydrogen-bond acceptors (Lipinski definition) is 3. The van der Waals surface area contributed by atoms with Gasteiger partial charge in [-0.05, 0) is 13.0 Å². The second-order valence-electron chi connectivity index (χ2n) is 3.60. The summed E-state index contributed by atoms with van der Waals surface area (Å²) in [5.74, 6) is 0. The molecule has 0 fully saturated rings. The lowest BCUT2D eigenvalue weighted by atomic mass is 10.2. The highest BCUT2D eigenvalue weighted by molar-refractivity contribution is 5.13. The van der Waals surface area contributed by atoms with E-state index < -0.39 is 0 Å². The van der Waals surface area contributed by atoms with Gasteiger partial charge in [-0.1, -0.05) is 0 Å². The average molecular weight is 205 g/mol. The Labute approximate surface area is 88.5 Å². The van der Waals surface area contributed by atoms with Gasteiger partial charge in [-0.25, -0.2) is 0 Å². The van der Waals surface area contributed by atoms with Gasteiger partial charge >= 0.3 is 0 Å². The molecule has 0 aliphatic rings. The maximum Gasteiger partial charge on any atom is 0.0762 e. The molecular formula is C10H15N5. The van der Waals surface area contributed by atoms with Crippen molar-refractivity contribution < 1.29 is 0 Å². The van der Waals surface area contributed by atoms with Crippen LogP contribution in [0, 0.1) is 6.92 Å². The van der Waals surface area contributed by atoms with Gasteiger partial charge in [-0.2, -0.15) is 10.2 Å². The van der Waals surface area contributed by atoms with Gasteiger partial charge < -0.3 is 5.32 Å². The van der Waals surface area contributed by atoms with E-state index in [1.165, 1.54) is 5.56 Å². The quantitative estimate of drug-likeness (QED) is 0.774. The first-order valence-corrected chi connectivity index (χ1v) is 4.94. The first-order valence-electron chi connectivity index (χ1n) is 4.94. The summed E-state index contributed by atoms with van der Waals surface area (Å²) in [4.78, 5) is 0. The number of nitrogens with one attached hydrogen (secondary N) is 2. The molecule has 0 aliphatic heterocycles. The van der Waals surface area contributed by atoms with E-state index >= 15 is 0 Å². The largest absolute Gasteiger partial charge is 0.307 e. The molecule has 2 N–H and O–H groups in total. The van der Waals surface area contributed by atoms with Crippen LogP contribution in [-0.4, -0.2) is 20.0 Å². The number of nitrogens with zero attached hydrogens (tertiary/aromatic N) is 3. The molecule has 0 aliphatic carbocycles. The Morgan fingerprint density at radius 3 is 2.93 bits per heavy atom. The lowest BCUT2D eigenvalue weighted by molar-refractivity contribution is 0.655. The minimum atomic E-state index is 0.783. The summed E-state index contributed by atoms with van der Waals surface area (Å²) in [6.07, 6.45) is 3.79. The van der Waals surface area contributed by atoms with Crippen molar-refractivity contribution in [3.05, 3.63) is 35.4 Å². The van der Waals surface area contributed by atoms with E-state index in [1.54, 1.807) is 4.68 Å². The summed E-state index contributed by atoms with van der Waals surface area (Å²) in [7, 11) is 1.92. The number of aromatic nitrogens is 4. The van der Waals surface area contributed by atoms with Gasteiger partial charge in [0.25, 0.3) is 0 Å². The van der Waals surface area contributed by atoms with Crippen LogP contribution in [0.5, 0.6) is 0 Å². The van der Waals surface area contributed by atoms with Crippen molar-refractivity contribution in [3.63, 3.8) is 0 Å². The zero-order valence-electron chi connectivity index (χ0n) is 8.99. The van der Waals surface area contributed by atoms with E-state index in [9.17, 15) is 0 Å². The van der Waals surface area contributed by atoms with Crippen LogP contribution < -0.4 is 5.32 Å². The lowest BCUT2D eigenvalue weighted by Gasteiger charge is -2.00. The molecule has 80 valence electrons. The summed E-state index contributed by atoms with van der Waals surface area (Å²) in [6.45, 7) is 3.62. The van der Waals surface area contributed by atoms with Crippen molar-refractivity contribution in [2.45, 2.75) is 20.0 Å². The van der Waals surface area contributed by atoms with Crippen molar-refractivity contribution >= 4 is 0 Å². The minimum Gasteiger partial charge on any atom is -0.307 e. The molecule has 0 saturated heterocycles. The molecule has 0 amide bonds. The normalized spacial score (nSPS) is 10.8. The summed E-state index contributed by atoms with van der Waals surface area (Å²) in [6, 6.07) is 2.01. The van der Waals surface area contributed by atoms with Crippen LogP contribution in [0.15, 0.2) is 18.5 Å². The highest BCUT2D eigenvalue weighted by Crippen LogP contribution is 2.02. The van der Waals surface area contributed by atoms with E-state index in [0.717, 1.165) is 24.5 Å². The Kier molecular flexibility index (Phi) is 2.82. The zero-order valence-corrected chi connectivity index (χ0v) is 8.99. The van der Waals surface area contributed by atoms with Gasteiger partial charge in [0, 0.05) is 37.6 Å². The highest BCUT2D eigenvalue weighted by Gasteiger charge is 2.00. The Hall–Kier alpha value is -1.62. The molecule has 2 aromatic rings. The van der Waals surface area contributed by atoms with Crippen LogP contribution in [0.1, 0.15) is 17.0 Å². The summed E-state index contributed by atoms with van der Waals surface area (Å²) in [5.41, 5.74) is 3.37. The standard InChI is InChI=1S/C10H15N5/c1-8-9(6-12-13-8)5-11-7-10-3-4-15(2)14-10/h3-4,6,11H,5,7H2,1-2H3,(H,12,13). The summed E-state index contributed by atoms with van der Waals surface area (Å²) >= 11 is 0. The molecule has 5 nitrogen and oxygen atoms in total. The molecule has 15 heavy (non-hydrogen) atoms. The monoisotopic (exact) mass is 205 g/mol. The lowest BCUT2D eigenvalue weighted by Crippen LogP contribution is -2.13. The molecule has 0 aromatic carbocycles. The fourth-order valence-corrected chi connectivity index (χ4v) is 1.44. The van der Waals surface area contributed by atoms with Crippen LogP contribution in [0.2, 0.25) is 0 Å². The molecule has 2 aromatic heterocycles. The molecule has 0 unspecified atom stereocenters. The third-order valence-electron chi connectivity index (χ3n) is 2.32.